The quantitative estimate of drug-likeness (QED) is 0.648. The van der Waals surface area contributed by atoms with Gasteiger partial charge in [0, 0.05) is 20.1 Å². The summed E-state index contributed by atoms with van der Waals surface area (Å²) < 4.78 is 10.5. The molecule has 1 N–H and O–H groups in total. The van der Waals surface area contributed by atoms with E-state index < -0.39 is 5.41 Å². The smallest absolute Gasteiger partial charge is 0.237 e. The molecular formula is C20H32N2O4. The highest BCUT2D eigenvalue weighted by molar-refractivity contribution is 6.04. The zero-order chi connectivity index (χ0) is 19.7. The van der Waals surface area contributed by atoms with Crippen LogP contribution >= 0.6 is 0 Å². The van der Waals surface area contributed by atoms with E-state index in [1.165, 1.54) is 0 Å². The van der Waals surface area contributed by atoms with Crippen molar-refractivity contribution in [3.05, 3.63) is 23.8 Å². The molecule has 146 valence electrons. The Morgan fingerprint density at radius 1 is 1.15 bits per heavy atom. The average Bonchev–Trinajstić information content (AvgIpc) is 2.64. The molecule has 0 atom stereocenters. The van der Waals surface area contributed by atoms with Gasteiger partial charge in [-0.2, -0.15) is 0 Å². The van der Waals surface area contributed by atoms with Gasteiger partial charge >= 0.3 is 0 Å². The first-order valence-corrected chi connectivity index (χ1v) is 9.02. The minimum atomic E-state index is -1.08. The van der Waals surface area contributed by atoms with Gasteiger partial charge in [-0.25, -0.2) is 0 Å². The van der Waals surface area contributed by atoms with Crippen LogP contribution in [0.2, 0.25) is 0 Å². The highest BCUT2D eigenvalue weighted by Crippen LogP contribution is 2.27. The maximum atomic E-state index is 12.5. The van der Waals surface area contributed by atoms with Crippen LogP contribution in [0.3, 0.4) is 0 Å². The van der Waals surface area contributed by atoms with Crippen molar-refractivity contribution in [1.29, 1.82) is 0 Å². The molecule has 0 aliphatic rings. The molecule has 0 fully saturated rings. The number of ether oxygens (including phenoxy) is 2. The number of carbonyl (C=O) groups excluding carboxylic acids is 2. The van der Waals surface area contributed by atoms with Crippen molar-refractivity contribution >= 4 is 11.8 Å². The van der Waals surface area contributed by atoms with Crippen LogP contribution in [0.25, 0.3) is 0 Å². The van der Waals surface area contributed by atoms with Crippen molar-refractivity contribution in [3.8, 4) is 11.5 Å². The van der Waals surface area contributed by atoms with E-state index in [0.29, 0.717) is 31.0 Å². The first-order valence-electron chi connectivity index (χ1n) is 9.02. The fraction of sp³-hybridized carbons (Fsp3) is 0.600. The van der Waals surface area contributed by atoms with Crippen molar-refractivity contribution in [2.24, 2.45) is 5.41 Å². The zero-order valence-electron chi connectivity index (χ0n) is 16.8. The monoisotopic (exact) mass is 364 g/mol. The fourth-order valence-corrected chi connectivity index (χ4v) is 2.65. The van der Waals surface area contributed by atoms with Crippen LogP contribution in [-0.2, 0) is 16.0 Å². The predicted molar refractivity (Wildman–Crippen MR) is 103 cm³/mol. The summed E-state index contributed by atoms with van der Waals surface area (Å²) in [6, 6.07) is 5.66. The first kappa shape index (κ1) is 21.8. The number of hydrogen-bond donors (Lipinski definition) is 1. The molecule has 0 aliphatic heterocycles. The molecule has 0 heterocycles. The second-order valence-corrected chi connectivity index (χ2v) is 6.90. The number of rotatable bonds is 10. The minimum absolute atomic E-state index is 0.158. The summed E-state index contributed by atoms with van der Waals surface area (Å²) in [5, 5.41) is 2.87. The van der Waals surface area contributed by atoms with E-state index in [1.54, 1.807) is 40.0 Å². The van der Waals surface area contributed by atoms with Gasteiger partial charge in [0.15, 0.2) is 11.5 Å². The number of methoxy groups -OCH3 is 2. The maximum Gasteiger partial charge on any atom is 0.237 e. The molecule has 1 rings (SSSR count). The standard InChI is InChI=1S/C20H32N2O4/c1-7-8-13-22(4)19(24)20(2,3)18(23)21-12-11-15-9-10-16(25-5)17(14-15)26-6/h9-10,14H,7-8,11-13H2,1-6H3,(H,21,23). The summed E-state index contributed by atoms with van der Waals surface area (Å²) in [4.78, 5) is 26.7. The molecular weight excluding hydrogens is 332 g/mol. The fourth-order valence-electron chi connectivity index (χ4n) is 2.65. The van der Waals surface area contributed by atoms with Gasteiger partial charge in [-0.05, 0) is 44.4 Å². The van der Waals surface area contributed by atoms with Gasteiger partial charge in [0.05, 0.1) is 14.2 Å². The largest absolute Gasteiger partial charge is 0.493 e. The third kappa shape index (κ3) is 5.64. The lowest BCUT2D eigenvalue weighted by Gasteiger charge is -2.28. The van der Waals surface area contributed by atoms with Crippen LogP contribution in [0, 0.1) is 5.41 Å². The summed E-state index contributed by atoms with van der Waals surface area (Å²) in [7, 11) is 4.93. The van der Waals surface area contributed by atoms with E-state index in [2.05, 4.69) is 12.2 Å². The molecule has 1 aromatic carbocycles. The molecule has 0 bridgehead atoms. The Bertz CT molecular complexity index is 614. The third-order valence-electron chi connectivity index (χ3n) is 4.44. The number of nitrogens with zero attached hydrogens (tertiary/aromatic N) is 1. The molecule has 6 nitrogen and oxygen atoms in total. The molecule has 0 saturated heterocycles. The number of hydrogen-bond acceptors (Lipinski definition) is 4. The van der Waals surface area contributed by atoms with Crippen LogP contribution in [-0.4, -0.2) is 51.1 Å². The predicted octanol–water partition coefficient (Wildman–Crippen LogP) is 2.65. The second kappa shape index (κ2) is 10.0. The molecule has 0 radical (unpaired) electrons. The van der Waals surface area contributed by atoms with E-state index in [0.717, 1.165) is 18.4 Å². The van der Waals surface area contributed by atoms with Gasteiger partial charge in [0.2, 0.25) is 11.8 Å². The van der Waals surface area contributed by atoms with Crippen LogP contribution in [0.1, 0.15) is 39.2 Å². The molecule has 0 spiro atoms. The van der Waals surface area contributed by atoms with Crippen LogP contribution in [0.5, 0.6) is 11.5 Å². The molecule has 0 unspecified atom stereocenters. The molecule has 0 aliphatic carbocycles. The molecule has 2 amide bonds. The Balaban J connectivity index is 2.61. The average molecular weight is 364 g/mol. The molecule has 6 heteroatoms. The van der Waals surface area contributed by atoms with E-state index in [9.17, 15) is 9.59 Å². The number of nitrogens with one attached hydrogen (secondary N) is 1. The lowest BCUT2D eigenvalue weighted by Crippen LogP contribution is -2.49. The molecule has 0 aromatic heterocycles. The number of unbranched alkanes of at least 4 members (excludes halogenated alkanes) is 1. The summed E-state index contributed by atoms with van der Waals surface area (Å²) in [5.74, 6) is 0.910. The normalized spacial score (nSPS) is 11.0. The van der Waals surface area contributed by atoms with Crippen LogP contribution in [0.4, 0.5) is 0 Å². The summed E-state index contributed by atoms with van der Waals surface area (Å²) >= 11 is 0. The highest BCUT2D eigenvalue weighted by atomic mass is 16.5. The van der Waals surface area contributed by atoms with Gasteiger partial charge in [-0.3, -0.25) is 9.59 Å². The summed E-state index contributed by atoms with van der Waals surface area (Å²) in [6.45, 7) is 6.53. The van der Waals surface area contributed by atoms with Crippen molar-refractivity contribution in [2.45, 2.75) is 40.0 Å². The number of benzene rings is 1. The first-order chi connectivity index (χ1) is 12.3. The van der Waals surface area contributed by atoms with Crippen molar-refractivity contribution < 1.29 is 19.1 Å². The Kier molecular flexibility index (Phi) is 8.42. The van der Waals surface area contributed by atoms with E-state index in [-0.39, 0.29) is 11.8 Å². The Morgan fingerprint density at radius 2 is 1.81 bits per heavy atom. The summed E-state index contributed by atoms with van der Waals surface area (Å²) in [6.07, 6.45) is 2.58. The van der Waals surface area contributed by atoms with E-state index in [1.807, 2.05) is 18.2 Å². The van der Waals surface area contributed by atoms with Crippen molar-refractivity contribution in [2.75, 3.05) is 34.4 Å². The number of carbonyl (C=O) groups is 2. The molecule has 26 heavy (non-hydrogen) atoms. The Labute approximate surface area is 156 Å². The Hall–Kier alpha value is -2.24. The second-order valence-electron chi connectivity index (χ2n) is 6.90. The minimum Gasteiger partial charge on any atom is -0.493 e. The SMILES string of the molecule is CCCCN(C)C(=O)C(C)(C)C(=O)NCCc1ccc(OC)c(OC)c1. The van der Waals surface area contributed by atoms with Gasteiger partial charge in [0.25, 0.3) is 0 Å². The highest BCUT2D eigenvalue weighted by Gasteiger charge is 2.37. The van der Waals surface area contributed by atoms with Gasteiger partial charge in [0.1, 0.15) is 5.41 Å². The van der Waals surface area contributed by atoms with E-state index in [4.69, 9.17) is 9.47 Å². The van der Waals surface area contributed by atoms with Gasteiger partial charge in [-0.1, -0.05) is 19.4 Å². The lowest BCUT2D eigenvalue weighted by molar-refractivity contribution is -0.147. The molecule has 1 aromatic rings. The summed E-state index contributed by atoms with van der Waals surface area (Å²) in [5.41, 5.74) is -0.0627. The van der Waals surface area contributed by atoms with Crippen molar-refractivity contribution in [1.82, 2.24) is 10.2 Å². The van der Waals surface area contributed by atoms with Crippen LogP contribution < -0.4 is 14.8 Å². The van der Waals surface area contributed by atoms with E-state index >= 15 is 0 Å². The third-order valence-corrected chi connectivity index (χ3v) is 4.44. The Morgan fingerprint density at radius 3 is 2.38 bits per heavy atom. The zero-order valence-corrected chi connectivity index (χ0v) is 16.8. The van der Waals surface area contributed by atoms with Crippen LogP contribution in [0.15, 0.2) is 18.2 Å². The van der Waals surface area contributed by atoms with Gasteiger partial charge in [-0.15, -0.1) is 0 Å². The lowest BCUT2D eigenvalue weighted by atomic mass is 9.90. The van der Waals surface area contributed by atoms with Crippen molar-refractivity contribution in [3.63, 3.8) is 0 Å². The maximum absolute atomic E-state index is 12.5. The topological polar surface area (TPSA) is 67.9 Å². The molecule has 0 saturated carbocycles. The van der Waals surface area contributed by atoms with Gasteiger partial charge < -0.3 is 19.7 Å². The number of amides is 2.